The predicted molar refractivity (Wildman–Crippen MR) is 60.0 cm³/mol. The second-order valence-corrected chi connectivity index (χ2v) is 4.09. The molecule has 1 atom stereocenters. The molecule has 0 aliphatic carbocycles. The van der Waals surface area contributed by atoms with Gasteiger partial charge in [0.05, 0.1) is 12.7 Å². The van der Waals surface area contributed by atoms with Gasteiger partial charge in [-0.05, 0) is 19.9 Å². The third kappa shape index (κ3) is 5.11. The summed E-state index contributed by atoms with van der Waals surface area (Å²) in [7, 11) is 0. The van der Waals surface area contributed by atoms with Crippen LogP contribution in [0.1, 0.15) is 12.6 Å². The van der Waals surface area contributed by atoms with Gasteiger partial charge in [-0.25, -0.2) is 9.97 Å². The minimum Gasteiger partial charge on any atom is -0.390 e. The summed E-state index contributed by atoms with van der Waals surface area (Å²) in [5, 5.41) is 10.2. The Bertz CT molecular complexity index is 297. The van der Waals surface area contributed by atoms with Crippen molar-refractivity contribution in [2.45, 2.75) is 25.1 Å². The first-order chi connectivity index (χ1) is 7.22. The Morgan fingerprint density at radius 2 is 2.40 bits per heavy atom. The topological polar surface area (TPSA) is 55.2 Å². The van der Waals surface area contributed by atoms with Crippen molar-refractivity contribution >= 4 is 11.8 Å². The van der Waals surface area contributed by atoms with Crippen LogP contribution in [0.5, 0.6) is 0 Å². The van der Waals surface area contributed by atoms with E-state index in [4.69, 9.17) is 4.74 Å². The Balaban J connectivity index is 2.30. The van der Waals surface area contributed by atoms with Gasteiger partial charge in [-0.15, -0.1) is 0 Å². The molecule has 1 aromatic heterocycles. The number of ether oxygens (including phenoxy) is 1. The summed E-state index contributed by atoms with van der Waals surface area (Å²) in [6.07, 6.45) is 1.26. The zero-order chi connectivity index (χ0) is 11.1. The molecule has 1 aromatic rings. The van der Waals surface area contributed by atoms with E-state index in [1.807, 2.05) is 19.9 Å². The second kappa shape index (κ2) is 6.76. The van der Waals surface area contributed by atoms with E-state index in [1.165, 1.54) is 11.8 Å². The number of rotatable bonds is 6. The molecule has 0 bridgehead atoms. The number of hydrogen-bond donors (Lipinski definition) is 1. The van der Waals surface area contributed by atoms with E-state index in [-0.39, 0.29) is 0 Å². The third-order valence-corrected chi connectivity index (χ3v) is 2.70. The van der Waals surface area contributed by atoms with Crippen LogP contribution in [0.3, 0.4) is 0 Å². The van der Waals surface area contributed by atoms with Crippen LogP contribution in [-0.2, 0) is 4.74 Å². The molecule has 1 N–H and O–H groups in total. The highest BCUT2D eigenvalue weighted by Gasteiger charge is 2.06. The van der Waals surface area contributed by atoms with Gasteiger partial charge in [-0.2, -0.15) is 0 Å². The Morgan fingerprint density at radius 3 is 3.07 bits per heavy atom. The summed E-state index contributed by atoms with van der Waals surface area (Å²) in [6, 6.07) is 1.85. The van der Waals surface area contributed by atoms with Crippen molar-refractivity contribution in [3.05, 3.63) is 18.0 Å². The number of nitrogens with zero attached hydrogens (tertiary/aromatic N) is 2. The first-order valence-electron chi connectivity index (χ1n) is 4.90. The lowest BCUT2D eigenvalue weighted by Gasteiger charge is -2.08. The third-order valence-electron chi connectivity index (χ3n) is 1.69. The summed E-state index contributed by atoms with van der Waals surface area (Å²) >= 11 is 1.44. The van der Waals surface area contributed by atoms with Crippen molar-refractivity contribution in [2.75, 3.05) is 19.0 Å². The van der Waals surface area contributed by atoms with E-state index < -0.39 is 6.10 Å². The largest absolute Gasteiger partial charge is 0.390 e. The van der Waals surface area contributed by atoms with E-state index in [1.54, 1.807) is 6.20 Å². The lowest BCUT2D eigenvalue weighted by Crippen LogP contribution is -2.18. The van der Waals surface area contributed by atoms with Crippen LogP contribution in [0.25, 0.3) is 0 Å². The molecule has 15 heavy (non-hydrogen) atoms. The van der Waals surface area contributed by atoms with Crippen LogP contribution in [0.15, 0.2) is 17.4 Å². The Morgan fingerprint density at radius 1 is 1.60 bits per heavy atom. The summed E-state index contributed by atoms with van der Waals surface area (Å²) in [6.45, 7) is 4.82. The molecule has 0 radical (unpaired) electrons. The smallest absolute Gasteiger partial charge is 0.187 e. The van der Waals surface area contributed by atoms with Crippen molar-refractivity contribution in [1.82, 2.24) is 9.97 Å². The highest BCUT2D eigenvalue weighted by Crippen LogP contribution is 2.13. The van der Waals surface area contributed by atoms with Crippen LogP contribution in [0, 0.1) is 6.92 Å². The highest BCUT2D eigenvalue weighted by atomic mass is 32.2. The van der Waals surface area contributed by atoms with E-state index in [2.05, 4.69) is 9.97 Å². The van der Waals surface area contributed by atoms with Gasteiger partial charge < -0.3 is 9.84 Å². The Hall–Kier alpha value is -0.650. The summed E-state index contributed by atoms with van der Waals surface area (Å²) < 4.78 is 5.10. The van der Waals surface area contributed by atoms with Gasteiger partial charge in [0.25, 0.3) is 0 Å². The average Bonchev–Trinajstić information content (AvgIpc) is 2.23. The standard InChI is InChI=1S/C10H16N2O2S/c1-3-14-6-9(13)7-15-10-11-5-4-8(2)12-10/h4-5,9,13H,3,6-7H2,1-2H3. The lowest BCUT2D eigenvalue weighted by atomic mass is 10.4. The fourth-order valence-electron chi connectivity index (χ4n) is 0.968. The molecule has 5 heteroatoms. The minimum atomic E-state index is -0.459. The zero-order valence-corrected chi connectivity index (χ0v) is 9.83. The molecule has 0 spiro atoms. The fraction of sp³-hybridized carbons (Fsp3) is 0.600. The molecule has 1 heterocycles. The van der Waals surface area contributed by atoms with Gasteiger partial charge in [0.15, 0.2) is 5.16 Å². The number of hydrogen-bond acceptors (Lipinski definition) is 5. The number of aryl methyl sites for hydroxylation is 1. The van der Waals surface area contributed by atoms with Crippen LogP contribution in [0.2, 0.25) is 0 Å². The fourth-order valence-corrected chi connectivity index (χ4v) is 1.75. The number of aliphatic hydroxyl groups is 1. The monoisotopic (exact) mass is 228 g/mol. The molecule has 1 unspecified atom stereocenters. The summed E-state index contributed by atoms with van der Waals surface area (Å²) in [4.78, 5) is 8.32. The van der Waals surface area contributed by atoms with Crippen LogP contribution < -0.4 is 0 Å². The predicted octanol–water partition coefficient (Wildman–Crippen LogP) is 1.27. The van der Waals surface area contributed by atoms with Crippen molar-refractivity contribution in [2.24, 2.45) is 0 Å². The van der Waals surface area contributed by atoms with Gasteiger partial charge in [-0.1, -0.05) is 11.8 Å². The molecular formula is C10H16N2O2S. The van der Waals surface area contributed by atoms with Gasteiger partial charge in [-0.3, -0.25) is 0 Å². The molecule has 84 valence electrons. The summed E-state index contributed by atoms with van der Waals surface area (Å²) in [5.41, 5.74) is 0.937. The van der Waals surface area contributed by atoms with Crippen LogP contribution in [0.4, 0.5) is 0 Å². The van der Waals surface area contributed by atoms with E-state index in [0.29, 0.717) is 24.1 Å². The molecule has 0 aliphatic heterocycles. The maximum Gasteiger partial charge on any atom is 0.187 e. The molecule has 0 aromatic carbocycles. The molecule has 0 aliphatic rings. The summed E-state index contributed by atoms with van der Waals surface area (Å²) in [5.74, 6) is 0.559. The maximum absolute atomic E-state index is 9.51. The Kier molecular flexibility index (Phi) is 5.60. The molecular weight excluding hydrogens is 212 g/mol. The van der Waals surface area contributed by atoms with Crippen LogP contribution >= 0.6 is 11.8 Å². The number of aliphatic hydroxyl groups excluding tert-OH is 1. The van der Waals surface area contributed by atoms with Gasteiger partial charge in [0.1, 0.15) is 0 Å². The molecule has 0 saturated carbocycles. The number of aromatic nitrogens is 2. The quantitative estimate of drug-likeness (QED) is 0.587. The van der Waals surface area contributed by atoms with E-state index in [9.17, 15) is 5.11 Å². The average molecular weight is 228 g/mol. The zero-order valence-electron chi connectivity index (χ0n) is 9.01. The van der Waals surface area contributed by atoms with Crippen LogP contribution in [-0.4, -0.2) is 40.1 Å². The molecule has 0 fully saturated rings. The van der Waals surface area contributed by atoms with Gasteiger partial charge >= 0.3 is 0 Å². The number of thioether (sulfide) groups is 1. The SMILES string of the molecule is CCOCC(O)CSc1nccc(C)n1. The highest BCUT2D eigenvalue weighted by molar-refractivity contribution is 7.99. The normalized spacial score (nSPS) is 12.7. The first-order valence-corrected chi connectivity index (χ1v) is 5.89. The first kappa shape index (κ1) is 12.4. The Labute approximate surface area is 94.1 Å². The van der Waals surface area contributed by atoms with E-state index in [0.717, 1.165) is 5.69 Å². The van der Waals surface area contributed by atoms with Crippen molar-refractivity contribution in [3.63, 3.8) is 0 Å². The van der Waals surface area contributed by atoms with Gasteiger partial charge in [0.2, 0.25) is 0 Å². The second-order valence-electron chi connectivity index (χ2n) is 3.10. The lowest BCUT2D eigenvalue weighted by molar-refractivity contribution is 0.0551. The molecule has 0 amide bonds. The molecule has 0 saturated heterocycles. The van der Waals surface area contributed by atoms with E-state index >= 15 is 0 Å². The van der Waals surface area contributed by atoms with Crippen molar-refractivity contribution < 1.29 is 9.84 Å². The molecule has 1 rings (SSSR count). The maximum atomic E-state index is 9.51. The van der Waals surface area contributed by atoms with Gasteiger partial charge in [0, 0.05) is 24.3 Å². The van der Waals surface area contributed by atoms with Crippen molar-refractivity contribution in [1.29, 1.82) is 0 Å². The molecule has 4 nitrogen and oxygen atoms in total. The van der Waals surface area contributed by atoms with Crippen molar-refractivity contribution in [3.8, 4) is 0 Å². The minimum absolute atomic E-state index is 0.370.